The lowest BCUT2D eigenvalue weighted by Gasteiger charge is -2.21. The molecule has 0 aliphatic rings. The highest BCUT2D eigenvalue weighted by Crippen LogP contribution is 2.13. The van der Waals surface area contributed by atoms with Crippen molar-refractivity contribution in [2.24, 2.45) is 11.7 Å². The van der Waals surface area contributed by atoms with Crippen LogP contribution in [0.5, 0.6) is 5.75 Å². The predicted octanol–water partition coefficient (Wildman–Crippen LogP) is 1.18. The molecule has 6 nitrogen and oxygen atoms in total. The Bertz CT molecular complexity index is 501. The minimum absolute atomic E-state index is 0.00423. The number of benzene rings is 1. The number of rotatable bonds is 8. The largest absolute Gasteiger partial charge is 0.497 e. The van der Waals surface area contributed by atoms with E-state index in [-0.39, 0.29) is 12.3 Å². The fourth-order valence-electron chi connectivity index (χ4n) is 1.98. The number of hydrogen-bond acceptors (Lipinski definition) is 4. The zero-order chi connectivity index (χ0) is 16.7. The second kappa shape index (κ2) is 8.38. The van der Waals surface area contributed by atoms with E-state index in [0.29, 0.717) is 5.75 Å². The van der Waals surface area contributed by atoms with Crippen molar-refractivity contribution in [2.45, 2.75) is 38.8 Å². The number of amides is 1. The first-order valence-corrected chi connectivity index (χ1v) is 7.30. The molecule has 0 heterocycles. The lowest BCUT2D eigenvalue weighted by atomic mass is 9.98. The maximum Gasteiger partial charge on any atom is 0.326 e. The van der Waals surface area contributed by atoms with E-state index < -0.39 is 24.0 Å². The number of carboxylic acids is 1. The Morgan fingerprint density at radius 3 is 2.36 bits per heavy atom. The second-order valence-corrected chi connectivity index (χ2v) is 5.36. The third-order valence-corrected chi connectivity index (χ3v) is 3.77. The van der Waals surface area contributed by atoms with Gasteiger partial charge in [-0.05, 0) is 23.6 Å². The lowest BCUT2D eigenvalue weighted by molar-refractivity contribution is -0.142. The van der Waals surface area contributed by atoms with Gasteiger partial charge in [-0.2, -0.15) is 0 Å². The Morgan fingerprint density at radius 1 is 1.32 bits per heavy atom. The van der Waals surface area contributed by atoms with Crippen LogP contribution in [-0.4, -0.2) is 36.2 Å². The Morgan fingerprint density at radius 2 is 1.91 bits per heavy atom. The monoisotopic (exact) mass is 308 g/mol. The molecule has 3 atom stereocenters. The second-order valence-electron chi connectivity index (χ2n) is 5.36. The molecule has 1 aromatic rings. The molecule has 122 valence electrons. The molecule has 4 N–H and O–H groups in total. The molecule has 0 aliphatic carbocycles. The standard InChI is InChI=1S/C16H24N2O4/c1-4-10(2)14(17)15(19)18-13(16(20)21)9-11-5-7-12(22-3)8-6-11/h5-8,10,13-14H,4,9,17H2,1-3H3,(H,18,19)(H,20,21). The minimum Gasteiger partial charge on any atom is -0.497 e. The van der Waals surface area contributed by atoms with E-state index in [1.54, 1.807) is 31.4 Å². The van der Waals surface area contributed by atoms with Gasteiger partial charge in [0.15, 0.2) is 0 Å². The molecular weight excluding hydrogens is 284 g/mol. The molecule has 0 radical (unpaired) electrons. The summed E-state index contributed by atoms with van der Waals surface area (Å²) < 4.78 is 5.05. The third kappa shape index (κ3) is 5.04. The van der Waals surface area contributed by atoms with Crippen LogP contribution in [0.2, 0.25) is 0 Å². The maximum absolute atomic E-state index is 12.0. The van der Waals surface area contributed by atoms with Crippen molar-refractivity contribution in [1.82, 2.24) is 5.32 Å². The van der Waals surface area contributed by atoms with Crippen molar-refractivity contribution < 1.29 is 19.4 Å². The zero-order valence-corrected chi connectivity index (χ0v) is 13.2. The molecule has 22 heavy (non-hydrogen) atoms. The van der Waals surface area contributed by atoms with Crippen LogP contribution < -0.4 is 15.8 Å². The average molecular weight is 308 g/mol. The summed E-state index contributed by atoms with van der Waals surface area (Å²) in [6.45, 7) is 3.80. The van der Waals surface area contributed by atoms with Gasteiger partial charge < -0.3 is 20.9 Å². The molecule has 0 bridgehead atoms. The van der Waals surface area contributed by atoms with E-state index >= 15 is 0 Å². The molecule has 3 unspecified atom stereocenters. The van der Waals surface area contributed by atoms with Crippen molar-refractivity contribution in [2.75, 3.05) is 7.11 Å². The van der Waals surface area contributed by atoms with Crippen LogP contribution in [0.3, 0.4) is 0 Å². The summed E-state index contributed by atoms with van der Waals surface area (Å²) in [5.74, 6) is -0.829. The van der Waals surface area contributed by atoms with Gasteiger partial charge in [0.1, 0.15) is 11.8 Å². The Kier molecular flexibility index (Phi) is 6.85. The van der Waals surface area contributed by atoms with Crippen LogP contribution in [-0.2, 0) is 16.0 Å². The molecule has 0 fully saturated rings. The highest BCUT2D eigenvalue weighted by molar-refractivity contribution is 5.87. The summed E-state index contributed by atoms with van der Waals surface area (Å²) in [7, 11) is 1.56. The number of nitrogens with one attached hydrogen (secondary N) is 1. The number of ether oxygens (including phenoxy) is 1. The predicted molar refractivity (Wildman–Crippen MR) is 83.7 cm³/mol. The SMILES string of the molecule is CCC(C)C(N)C(=O)NC(Cc1ccc(OC)cc1)C(=O)O. The highest BCUT2D eigenvalue weighted by Gasteiger charge is 2.25. The summed E-state index contributed by atoms with van der Waals surface area (Å²) in [4.78, 5) is 23.4. The van der Waals surface area contributed by atoms with Gasteiger partial charge in [-0.1, -0.05) is 32.4 Å². The maximum atomic E-state index is 12.0. The number of aliphatic carboxylic acids is 1. The fourth-order valence-corrected chi connectivity index (χ4v) is 1.98. The van der Waals surface area contributed by atoms with Gasteiger partial charge in [-0.3, -0.25) is 4.79 Å². The summed E-state index contributed by atoms with van der Waals surface area (Å²) in [5.41, 5.74) is 6.63. The molecule has 1 rings (SSSR count). The van der Waals surface area contributed by atoms with E-state index in [1.165, 1.54) is 0 Å². The summed E-state index contributed by atoms with van der Waals surface area (Å²) in [6.07, 6.45) is 0.948. The van der Waals surface area contributed by atoms with Crippen LogP contribution in [0.25, 0.3) is 0 Å². The number of carboxylic acid groups (broad SMARTS) is 1. The van der Waals surface area contributed by atoms with Crippen LogP contribution in [0.15, 0.2) is 24.3 Å². The molecular formula is C16H24N2O4. The third-order valence-electron chi connectivity index (χ3n) is 3.77. The van der Waals surface area contributed by atoms with Gasteiger partial charge in [-0.25, -0.2) is 4.79 Å². The molecule has 6 heteroatoms. The van der Waals surface area contributed by atoms with E-state index in [1.807, 2.05) is 13.8 Å². The van der Waals surface area contributed by atoms with Gasteiger partial charge in [-0.15, -0.1) is 0 Å². The highest BCUT2D eigenvalue weighted by atomic mass is 16.5. The summed E-state index contributed by atoms with van der Waals surface area (Å²) >= 11 is 0. The number of methoxy groups -OCH3 is 1. The average Bonchev–Trinajstić information content (AvgIpc) is 2.53. The van der Waals surface area contributed by atoms with E-state index in [0.717, 1.165) is 12.0 Å². The Hall–Kier alpha value is -2.08. The molecule has 1 amide bonds. The van der Waals surface area contributed by atoms with Crippen molar-refractivity contribution >= 4 is 11.9 Å². The normalized spacial score (nSPS) is 14.7. The first-order chi connectivity index (χ1) is 10.4. The number of hydrogen-bond donors (Lipinski definition) is 3. The summed E-state index contributed by atoms with van der Waals surface area (Å²) in [6, 6.07) is 5.34. The van der Waals surface area contributed by atoms with E-state index in [2.05, 4.69) is 5.32 Å². The van der Waals surface area contributed by atoms with Crippen LogP contribution in [0, 0.1) is 5.92 Å². The van der Waals surface area contributed by atoms with Crippen molar-refractivity contribution in [3.63, 3.8) is 0 Å². The first kappa shape index (κ1) is 18.0. The molecule has 0 aliphatic heterocycles. The lowest BCUT2D eigenvalue weighted by Crippen LogP contribution is -2.51. The molecule has 1 aromatic carbocycles. The van der Waals surface area contributed by atoms with Gasteiger partial charge in [0.25, 0.3) is 0 Å². The number of carbonyl (C=O) groups is 2. The quantitative estimate of drug-likeness (QED) is 0.669. The first-order valence-electron chi connectivity index (χ1n) is 7.30. The van der Waals surface area contributed by atoms with Gasteiger partial charge >= 0.3 is 5.97 Å². The minimum atomic E-state index is -1.08. The number of carbonyl (C=O) groups excluding carboxylic acids is 1. The molecule has 0 saturated carbocycles. The van der Waals surface area contributed by atoms with E-state index in [9.17, 15) is 14.7 Å². The molecule has 0 aromatic heterocycles. The topological polar surface area (TPSA) is 102 Å². The van der Waals surface area contributed by atoms with Gasteiger partial charge in [0.2, 0.25) is 5.91 Å². The Labute approximate surface area is 130 Å². The van der Waals surface area contributed by atoms with Crippen LogP contribution in [0.1, 0.15) is 25.8 Å². The Balaban J connectivity index is 2.73. The number of nitrogens with two attached hydrogens (primary N) is 1. The fraction of sp³-hybridized carbons (Fsp3) is 0.500. The smallest absolute Gasteiger partial charge is 0.326 e. The molecule has 0 saturated heterocycles. The van der Waals surface area contributed by atoms with E-state index in [4.69, 9.17) is 10.5 Å². The van der Waals surface area contributed by atoms with Crippen LogP contribution >= 0.6 is 0 Å². The van der Waals surface area contributed by atoms with Crippen molar-refractivity contribution in [3.05, 3.63) is 29.8 Å². The summed E-state index contributed by atoms with van der Waals surface area (Å²) in [5, 5.41) is 11.8. The van der Waals surface area contributed by atoms with Gasteiger partial charge in [0, 0.05) is 6.42 Å². The van der Waals surface area contributed by atoms with Crippen molar-refractivity contribution in [1.29, 1.82) is 0 Å². The molecule has 0 spiro atoms. The van der Waals surface area contributed by atoms with Gasteiger partial charge in [0.05, 0.1) is 13.2 Å². The zero-order valence-electron chi connectivity index (χ0n) is 13.2. The van der Waals surface area contributed by atoms with Crippen molar-refractivity contribution in [3.8, 4) is 5.75 Å². The van der Waals surface area contributed by atoms with Crippen LogP contribution in [0.4, 0.5) is 0 Å².